The van der Waals surface area contributed by atoms with Crippen LogP contribution in [0.5, 0.6) is 0 Å². The third-order valence-corrected chi connectivity index (χ3v) is 6.08. The van der Waals surface area contributed by atoms with Crippen molar-refractivity contribution >= 4 is 17.7 Å². The summed E-state index contributed by atoms with van der Waals surface area (Å²) in [7, 11) is 0. The van der Waals surface area contributed by atoms with Crippen LogP contribution in [0.3, 0.4) is 0 Å². The quantitative estimate of drug-likeness (QED) is 0.885. The Morgan fingerprint density at radius 2 is 1.81 bits per heavy atom. The molecule has 0 radical (unpaired) electrons. The largest absolute Gasteiger partial charge is 0.361 e. The Morgan fingerprint density at radius 1 is 1.19 bits per heavy atom. The van der Waals surface area contributed by atoms with Crippen molar-refractivity contribution in [2.45, 2.75) is 58.6 Å². The fourth-order valence-electron chi connectivity index (χ4n) is 3.31. The van der Waals surface area contributed by atoms with Crippen molar-refractivity contribution in [3.63, 3.8) is 0 Å². The summed E-state index contributed by atoms with van der Waals surface area (Å²) in [5, 5.41) is 7.26. The van der Waals surface area contributed by atoms with Gasteiger partial charge in [-0.25, -0.2) is 0 Å². The van der Waals surface area contributed by atoms with Crippen LogP contribution in [0, 0.1) is 27.7 Å². The van der Waals surface area contributed by atoms with Crippen LogP contribution in [0.2, 0.25) is 0 Å². The Kier molecular flexibility index (Phi) is 6.04. The van der Waals surface area contributed by atoms with Crippen LogP contribution in [0.1, 0.15) is 41.0 Å². The van der Waals surface area contributed by atoms with Gasteiger partial charge in [0.25, 0.3) is 0 Å². The molecule has 1 aromatic heterocycles. The van der Waals surface area contributed by atoms with Crippen LogP contribution in [0.15, 0.2) is 28.8 Å². The number of hydrogen-bond acceptors (Lipinski definition) is 5. The lowest BCUT2D eigenvalue weighted by Gasteiger charge is -2.41. The van der Waals surface area contributed by atoms with Crippen molar-refractivity contribution in [2.24, 2.45) is 0 Å². The van der Waals surface area contributed by atoms with Crippen LogP contribution in [-0.2, 0) is 10.5 Å². The minimum atomic E-state index is 0.248. The molecule has 0 saturated carbocycles. The summed E-state index contributed by atoms with van der Waals surface area (Å²) >= 11 is 1.64. The van der Waals surface area contributed by atoms with E-state index in [-0.39, 0.29) is 5.91 Å². The van der Waals surface area contributed by atoms with E-state index in [1.54, 1.807) is 11.8 Å². The van der Waals surface area contributed by atoms with Gasteiger partial charge in [0.05, 0.1) is 23.8 Å². The molecule has 3 fully saturated rings. The Morgan fingerprint density at radius 3 is 2.27 bits per heavy atom. The van der Waals surface area contributed by atoms with E-state index in [0.29, 0.717) is 18.1 Å². The van der Waals surface area contributed by atoms with Gasteiger partial charge in [0, 0.05) is 11.3 Å². The smallest absolute Gasteiger partial charge is 0.235 e. The normalized spacial score (nSPS) is 20.4. The zero-order chi connectivity index (χ0) is 18.7. The third kappa shape index (κ3) is 4.13. The molecule has 0 aliphatic carbocycles. The fraction of sp³-hybridized carbons (Fsp3) is 0.500. The van der Waals surface area contributed by atoms with Gasteiger partial charge >= 0.3 is 0 Å². The van der Waals surface area contributed by atoms with E-state index in [1.807, 2.05) is 18.7 Å². The van der Waals surface area contributed by atoms with Gasteiger partial charge in [0.2, 0.25) is 5.91 Å². The van der Waals surface area contributed by atoms with Crippen molar-refractivity contribution in [3.8, 4) is 0 Å². The van der Waals surface area contributed by atoms with Gasteiger partial charge in [0.15, 0.2) is 0 Å². The molecule has 1 aromatic carbocycles. The highest BCUT2D eigenvalue weighted by molar-refractivity contribution is 7.99. The predicted octanol–water partition coefficient (Wildman–Crippen LogP) is 3.71. The molecule has 2 bridgehead atoms. The summed E-state index contributed by atoms with van der Waals surface area (Å²) in [5.74, 6) is 2.44. The molecule has 3 aliphatic rings. The van der Waals surface area contributed by atoms with Gasteiger partial charge in [-0.05, 0) is 51.7 Å². The molecule has 1 amide bonds. The summed E-state index contributed by atoms with van der Waals surface area (Å²) < 4.78 is 5.11. The van der Waals surface area contributed by atoms with Crippen LogP contribution >= 0.6 is 11.8 Å². The van der Waals surface area contributed by atoms with Crippen LogP contribution in [0.25, 0.3) is 0 Å². The second kappa shape index (κ2) is 8.27. The monoisotopic (exact) mass is 373 g/mol. The van der Waals surface area contributed by atoms with Crippen molar-refractivity contribution in [2.75, 3.05) is 5.75 Å². The molecule has 6 heteroatoms. The lowest BCUT2D eigenvalue weighted by atomic mass is 10.1. The van der Waals surface area contributed by atoms with E-state index < -0.39 is 0 Å². The second-order valence-electron chi connectivity index (χ2n) is 6.96. The Hall–Kier alpha value is -1.79. The lowest BCUT2D eigenvalue weighted by molar-refractivity contribution is -0.139. The second-order valence-corrected chi connectivity index (χ2v) is 7.94. The molecule has 26 heavy (non-hydrogen) atoms. The highest BCUT2D eigenvalue weighted by atomic mass is 32.2. The Balaban J connectivity index is 0.000000206. The minimum absolute atomic E-state index is 0.248. The van der Waals surface area contributed by atoms with E-state index in [2.05, 4.69) is 48.6 Å². The number of thioether (sulfide) groups is 1. The summed E-state index contributed by atoms with van der Waals surface area (Å²) in [6.45, 7) is 8.09. The zero-order valence-corrected chi connectivity index (χ0v) is 16.7. The van der Waals surface area contributed by atoms with E-state index in [9.17, 15) is 4.79 Å². The van der Waals surface area contributed by atoms with Crippen LogP contribution in [0.4, 0.5) is 0 Å². The Bertz CT molecular complexity index is 720. The van der Waals surface area contributed by atoms with Gasteiger partial charge in [-0.1, -0.05) is 29.4 Å². The number of carbonyl (C=O) groups is 1. The minimum Gasteiger partial charge on any atom is -0.361 e. The van der Waals surface area contributed by atoms with Gasteiger partial charge in [-0.15, -0.1) is 11.8 Å². The standard InChI is InChI=1S/C12H17N3O2S.C8H10/c1-7-9(8(2)17-14-7)5-18-6-12(16)15-10-3-4-11(15)13-10;1-7-5-3-4-6-8(7)2/h10-11,13H,3-6H2,1-2H3;3-6H,1-2H3. The Labute approximate surface area is 159 Å². The van der Waals surface area contributed by atoms with Gasteiger partial charge in [-0.2, -0.15) is 0 Å². The first-order chi connectivity index (χ1) is 12.5. The van der Waals surface area contributed by atoms with E-state index in [1.165, 1.54) is 11.1 Å². The van der Waals surface area contributed by atoms with Crippen molar-refractivity contribution in [3.05, 3.63) is 52.4 Å². The molecule has 2 atom stereocenters. The number of hydrogen-bond donors (Lipinski definition) is 1. The summed E-state index contributed by atoms with van der Waals surface area (Å²) in [4.78, 5) is 14.0. The summed E-state index contributed by atoms with van der Waals surface area (Å²) in [5.41, 5.74) is 4.79. The summed E-state index contributed by atoms with van der Waals surface area (Å²) in [6.07, 6.45) is 2.82. The van der Waals surface area contributed by atoms with Crippen molar-refractivity contribution < 1.29 is 9.32 Å². The average molecular weight is 374 g/mol. The van der Waals surface area contributed by atoms with E-state index in [0.717, 1.165) is 35.6 Å². The first-order valence-electron chi connectivity index (χ1n) is 9.06. The molecule has 2 unspecified atom stereocenters. The lowest BCUT2D eigenvalue weighted by Crippen LogP contribution is -2.65. The molecule has 5 rings (SSSR count). The van der Waals surface area contributed by atoms with Gasteiger partial charge in [-0.3, -0.25) is 10.1 Å². The molecule has 1 N–H and O–H groups in total. The topological polar surface area (TPSA) is 58.4 Å². The molecular weight excluding hydrogens is 346 g/mol. The molecule has 3 aliphatic heterocycles. The number of nitrogens with zero attached hydrogens (tertiary/aromatic N) is 2. The van der Waals surface area contributed by atoms with Gasteiger partial charge in [0.1, 0.15) is 5.76 Å². The molecule has 3 saturated heterocycles. The maximum Gasteiger partial charge on any atom is 0.235 e. The molecule has 0 spiro atoms. The summed E-state index contributed by atoms with van der Waals surface area (Å²) in [6, 6.07) is 8.36. The maximum atomic E-state index is 12.0. The van der Waals surface area contributed by atoms with Crippen LogP contribution < -0.4 is 5.32 Å². The van der Waals surface area contributed by atoms with Crippen molar-refractivity contribution in [1.29, 1.82) is 0 Å². The number of aryl methyl sites for hydroxylation is 4. The molecule has 4 heterocycles. The highest BCUT2D eigenvalue weighted by Gasteiger charge is 2.46. The number of carbonyl (C=O) groups excluding carboxylic acids is 1. The number of fused-ring (bicyclic) bond motifs is 1. The number of rotatable bonds is 4. The zero-order valence-electron chi connectivity index (χ0n) is 15.9. The molecular formula is C20H27N3O2S. The number of benzene rings is 1. The average Bonchev–Trinajstić information content (AvgIpc) is 3.31. The molecule has 2 aromatic rings. The van der Waals surface area contributed by atoms with Crippen LogP contribution in [-0.4, -0.2) is 34.0 Å². The van der Waals surface area contributed by atoms with Crippen molar-refractivity contribution in [1.82, 2.24) is 15.4 Å². The first-order valence-corrected chi connectivity index (χ1v) is 10.2. The van der Waals surface area contributed by atoms with E-state index in [4.69, 9.17) is 4.52 Å². The number of nitrogens with one attached hydrogen (secondary N) is 1. The van der Waals surface area contributed by atoms with E-state index >= 15 is 0 Å². The number of amides is 1. The molecule has 140 valence electrons. The highest BCUT2D eigenvalue weighted by Crippen LogP contribution is 2.31. The third-order valence-electron chi connectivity index (χ3n) is 5.14. The predicted molar refractivity (Wildman–Crippen MR) is 105 cm³/mol. The number of aromatic nitrogens is 1. The fourth-order valence-corrected chi connectivity index (χ4v) is 4.35. The SMILES string of the molecule is Cc1ccccc1C.Cc1noc(C)c1CSCC(=O)N1C2CCC1N2. The maximum absolute atomic E-state index is 12.0. The first kappa shape index (κ1) is 19.0. The molecule has 5 nitrogen and oxygen atoms in total. The van der Waals surface area contributed by atoms with Gasteiger partial charge < -0.3 is 9.42 Å².